The van der Waals surface area contributed by atoms with Gasteiger partial charge in [-0.05, 0) is 33.6 Å². The van der Waals surface area contributed by atoms with E-state index in [1.165, 1.54) is 0 Å². The standard InChI is InChI=1S/C15H24F2N4O2/c1-14(2,3)23-13(22)20-9-15(16,17)8-18-6-12-7-19-10-21(12)11-4-5-11/h7,10-11,18H,4-6,8-9H2,1-3H3,(H,20,22). The summed E-state index contributed by atoms with van der Waals surface area (Å²) in [5, 5.41) is 4.81. The highest BCUT2D eigenvalue weighted by Gasteiger charge is 2.30. The van der Waals surface area contributed by atoms with Crippen molar-refractivity contribution in [3.63, 3.8) is 0 Å². The fraction of sp³-hybridized carbons (Fsp3) is 0.733. The molecule has 8 heteroatoms. The molecule has 1 aromatic rings. The number of amides is 1. The highest BCUT2D eigenvalue weighted by atomic mass is 19.3. The quantitative estimate of drug-likeness (QED) is 0.806. The first-order valence-electron chi connectivity index (χ1n) is 7.72. The molecule has 0 aromatic carbocycles. The molecule has 0 spiro atoms. The molecule has 0 radical (unpaired) electrons. The van der Waals surface area contributed by atoms with Crippen molar-refractivity contribution in [1.82, 2.24) is 20.2 Å². The number of halogens is 2. The van der Waals surface area contributed by atoms with E-state index in [2.05, 4.69) is 15.6 Å². The van der Waals surface area contributed by atoms with Crippen LogP contribution in [-0.4, -0.2) is 40.3 Å². The molecule has 6 nitrogen and oxygen atoms in total. The lowest BCUT2D eigenvalue weighted by molar-refractivity contribution is -0.00386. The van der Waals surface area contributed by atoms with Crippen molar-refractivity contribution in [3.05, 3.63) is 18.2 Å². The van der Waals surface area contributed by atoms with Crippen molar-refractivity contribution >= 4 is 6.09 Å². The van der Waals surface area contributed by atoms with E-state index in [4.69, 9.17) is 4.74 Å². The van der Waals surface area contributed by atoms with E-state index < -0.39 is 30.7 Å². The van der Waals surface area contributed by atoms with Crippen LogP contribution in [0.5, 0.6) is 0 Å². The van der Waals surface area contributed by atoms with E-state index in [1.54, 1.807) is 33.3 Å². The number of imidazole rings is 1. The van der Waals surface area contributed by atoms with Gasteiger partial charge >= 0.3 is 6.09 Å². The first kappa shape index (κ1) is 17.7. The van der Waals surface area contributed by atoms with Crippen molar-refractivity contribution in [2.75, 3.05) is 13.1 Å². The first-order chi connectivity index (χ1) is 10.7. The van der Waals surface area contributed by atoms with E-state index in [0.717, 1.165) is 18.5 Å². The second-order valence-electron chi connectivity index (χ2n) is 6.84. The lowest BCUT2D eigenvalue weighted by Gasteiger charge is -2.22. The molecule has 1 aromatic heterocycles. The van der Waals surface area contributed by atoms with Crippen molar-refractivity contribution in [2.45, 2.75) is 57.7 Å². The maximum Gasteiger partial charge on any atom is 0.407 e. The predicted molar refractivity (Wildman–Crippen MR) is 81.4 cm³/mol. The van der Waals surface area contributed by atoms with Gasteiger partial charge in [-0.2, -0.15) is 0 Å². The third-order valence-corrected chi connectivity index (χ3v) is 3.27. The zero-order valence-corrected chi connectivity index (χ0v) is 13.7. The molecule has 1 aliphatic carbocycles. The number of hydrogen-bond donors (Lipinski definition) is 2. The van der Waals surface area contributed by atoms with Crippen LogP contribution >= 0.6 is 0 Å². The number of nitrogens with zero attached hydrogens (tertiary/aromatic N) is 2. The monoisotopic (exact) mass is 330 g/mol. The summed E-state index contributed by atoms with van der Waals surface area (Å²) in [7, 11) is 0. The third kappa shape index (κ3) is 6.13. The predicted octanol–water partition coefficient (Wildman–Crippen LogP) is 2.47. The Labute approximate surface area is 134 Å². The Hall–Kier alpha value is -1.70. The Morgan fingerprint density at radius 3 is 2.70 bits per heavy atom. The van der Waals surface area contributed by atoms with Gasteiger partial charge in [-0.3, -0.25) is 0 Å². The Bertz CT molecular complexity index is 536. The number of aromatic nitrogens is 2. The summed E-state index contributed by atoms with van der Waals surface area (Å²) in [6.45, 7) is 4.05. The molecule has 0 bridgehead atoms. The van der Waals surface area contributed by atoms with Crippen LogP contribution < -0.4 is 10.6 Å². The van der Waals surface area contributed by atoms with Crippen LogP contribution in [0.3, 0.4) is 0 Å². The van der Waals surface area contributed by atoms with Gasteiger partial charge in [0.15, 0.2) is 0 Å². The highest BCUT2D eigenvalue weighted by Crippen LogP contribution is 2.35. The number of carbonyl (C=O) groups is 1. The van der Waals surface area contributed by atoms with Gasteiger partial charge in [0.05, 0.1) is 25.1 Å². The minimum absolute atomic E-state index is 0.318. The number of nitrogens with one attached hydrogen (secondary N) is 2. The minimum Gasteiger partial charge on any atom is -0.444 e. The Balaban J connectivity index is 1.71. The zero-order chi connectivity index (χ0) is 17.1. The summed E-state index contributed by atoms with van der Waals surface area (Å²) in [6, 6.07) is 0.462. The molecule has 1 amide bonds. The fourth-order valence-corrected chi connectivity index (χ4v) is 2.10. The van der Waals surface area contributed by atoms with Gasteiger partial charge in [0, 0.05) is 18.8 Å². The number of hydrogen-bond acceptors (Lipinski definition) is 4. The maximum atomic E-state index is 13.8. The number of alkyl carbamates (subject to hydrolysis) is 1. The third-order valence-electron chi connectivity index (χ3n) is 3.27. The van der Waals surface area contributed by atoms with Crippen LogP contribution in [0, 0.1) is 0 Å². The molecule has 1 fully saturated rings. The lowest BCUT2D eigenvalue weighted by atomic mass is 10.2. The second-order valence-corrected chi connectivity index (χ2v) is 6.84. The summed E-state index contributed by atoms with van der Waals surface area (Å²) in [4.78, 5) is 15.4. The average Bonchev–Trinajstić information content (AvgIpc) is 3.15. The van der Waals surface area contributed by atoms with Crippen molar-refractivity contribution < 1.29 is 18.3 Å². The Kier molecular flexibility index (Phi) is 5.23. The van der Waals surface area contributed by atoms with Gasteiger partial charge in [0.1, 0.15) is 5.60 Å². The van der Waals surface area contributed by atoms with Crippen molar-refractivity contribution in [3.8, 4) is 0 Å². The van der Waals surface area contributed by atoms with E-state index in [-0.39, 0.29) is 0 Å². The second kappa shape index (κ2) is 6.82. The minimum atomic E-state index is -3.05. The summed E-state index contributed by atoms with van der Waals surface area (Å²) in [6.07, 6.45) is 4.79. The van der Waals surface area contributed by atoms with Crippen molar-refractivity contribution in [2.24, 2.45) is 0 Å². The highest BCUT2D eigenvalue weighted by molar-refractivity contribution is 5.67. The number of carbonyl (C=O) groups excluding carboxylic acids is 1. The topological polar surface area (TPSA) is 68.2 Å². The fourth-order valence-electron chi connectivity index (χ4n) is 2.10. The molecule has 0 unspecified atom stereocenters. The molecule has 0 aliphatic heterocycles. The van der Waals surface area contributed by atoms with Gasteiger partial charge in [0.25, 0.3) is 5.92 Å². The lowest BCUT2D eigenvalue weighted by Crippen LogP contribution is -2.44. The SMILES string of the molecule is CC(C)(C)OC(=O)NCC(F)(F)CNCc1cncn1C1CC1. The van der Waals surface area contributed by atoms with Crippen molar-refractivity contribution in [1.29, 1.82) is 0 Å². The van der Waals surface area contributed by atoms with Crippen LogP contribution in [-0.2, 0) is 11.3 Å². The summed E-state index contributed by atoms with van der Waals surface area (Å²) >= 11 is 0. The summed E-state index contributed by atoms with van der Waals surface area (Å²) in [5.41, 5.74) is 0.183. The van der Waals surface area contributed by atoms with E-state index in [0.29, 0.717) is 12.6 Å². The molecule has 0 saturated heterocycles. The number of rotatable bonds is 7. The first-order valence-corrected chi connectivity index (χ1v) is 7.72. The van der Waals surface area contributed by atoms with Gasteiger partial charge in [0.2, 0.25) is 0 Å². The van der Waals surface area contributed by atoms with Gasteiger partial charge in [-0.15, -0.1) is 0 Å². The number of ether oxygens (including phenoxy) is 1. The molecule has 2 rings (SSSR count). The van der Waals surface area contributed by atoms with E-state index in [1.807, 2.05) is 4.57 Å². The molecular formula is C15H24F2N4O2. The summed E-state index contributed by atoms with van der Waals surface area (Å²) in [5.74, 6) is -3.05. The van der Waals surface area contributed by atoms with Gasteiger partial charge in [-0.1, -0.05) is 0 Å². The maximum absolute atomic E-state index is 13.8. The smallest absolute Gasteiger partial charge is 0.407 e. The Morgan fingerprint density at radius 1 is 1.39 bits per heavy atom. The molecule has 0 atom stereocenters. The van der Waals surface area contributed by atoms with E-state index >= 15 is 0 Å². The van der Waals surface area contributed by atoms with Crippen LogP contribution in [0.15, 0.2) is 12.5 Å². The molecule has 1 heterocycles. The molecule has 1 saturated carbocycles. The molecule has 23 heavy (non-hydrogen) atoms. The van der Waals surface area contributed by atoms with E-state index in [9.17, 15) is 13.6 Å². The number of alkyl halides is 2. The van der Waals surface area contributed by atoms with Crippen LogP contribution in [0.1, 0.15) is 45.3 Å². The molecule has 2 N–H and O–H groups in total. The molecule has 1 aliphatic rings. The molecule has 130 valence electrons. The zero-order valence-electron chi connectivity index (χ0n) is 13.7. The Morgan fingerprint density at radius 2 is 2.09 bits per heavy atom. The van der Waals surface area contributed by atoms with Crippen LogP contribution in [0.4, 0.5) is 13.6 Å². The average molecular weight is 330 g/mol. The van der Waals surface area contributed by atoms with Crippen LogP contribution in [0.25, 0.3) is 0 Å². The van der Waals surface area contributed by atoms with Crippen LogP contribution in [0.2, 0.25) is 0 Å². The molecular weight excluding hydrogens is 306 g/mol. The van der Waals surface area contributed by atoms with Gasteiger partial charge < -0.3 is 19.9 Å². The normalized spacial score (nSPS) is 15.5. The summed E-state index contributed by atoms with van der Waals surface area (Å²) < 4.78 is 34.5. The van der Waals surface area contributed by atoms with Gasteiger partial charge in [-0.25, -0.2) is 18.6 Å². The largest absolute Gasteiger partial charge is 0.444 e.